The van der Waals surface area contributed by atoms with E-state index in [-0.39, 0.29) is 30.1 Å². The van der Waals surface area contributed by atoms with Gasteiger partial charge in [0.05, 0.1) is 26.4 Å². The average molecular weight is 477 g/mol. The van der Waals surface area contributed by atoms with E-state index in [9.17, 15) is 5.11 Å². The van der Waals surface area contributed by atoms with E-state index in [2.05, 4.69) is 22.5 Å². The Morgan fingerprint density at radius 2 is 1.92 bits per heavy atom. The van der Waals surface area contributed by atoms with Crippen LogP contribution in [0.15, 0.2) is 23.2 Å². The Balaban J connectivity index is 0.00000338. The molecule has 1 fully saturated rings. The van der Waals surface area contributed by atoms with E-state index >= 15 is 0 Å². The Labute approximate surface area is 173 Å². The molecule has 0 atom stereocenters. The highest BCUT2D eigenvalue weighted by Crippen LogP contribution is 2.28. The minimum atomic E-state index is -0.145. The van der Waals surface area contributed by atoms with Crippen LogP contribution in [-0.2, 0) is 6.54 Å². The minimum Gasteiger partial charge on any atom is -0.493 e. The fourth-order valence-corrected chi connectivity index (χ4v) is 2.99. The van der Waals surface area contributed by atoms with E-state index in [0.717, 1.165) is 55.3 Å². The molecular weight excluding hydrogens is 445 g/mol. The summed E-state index contributed by atoms with van der Waals surface area (Å²) in [5, 5.41) is 16.4. The predicted molar refractivity (Wildman–Crippen MR) is 116 cm³/mol. The topological polar surface area (TPSA) is 75.1 Å². The SMILES string of the molecule is CCNC(=NCc1ccc(OC)c(OCC)c1)NC1CCC(O)CC1.I. The summed E-state index contributed by atoms with van der Waals surface area (Å²) in [6.45, 7) is 5.99. The lowest BCUT2D eigenvalue weighted by atomic mass is 9.93. The third-order valence-corrected chi connectivity index (χ3v) is 4.33. The second kappa shape index (κ2) is 12.2. The zero-order chi connectivity index (χ0) is 18.1. The summed E-state index contributed by atoms with van der Waals surface area (Å²) in [7, 11) is 1.64. The highest BCUT2D eigenvalue weighted by atomic mass is 127. The van der Waals surface area contributed by atoms with E-state index in [1.54, 1.807) is 7.11 Å². The molecule has 0 amide bonds. The van der Waals surface area contributed by atoms with Gasteiger partial charge in [-0.2, -0.15) is 0 Å². The van der Waals surface area contributed by atoms with Crippen molar-refractivity contribution in [3.8, 4) is 11.5 Å². The van der Waals surface area contributed by atoms with Crippen molar-refractivity contribution < 1.29 is 14.6 Å². The van der Waals surface area contributed by atoms with Crippen molar-refractivity contribution in [2.75, 3.05) is 20.3 Å². The number of benzene rings is 1. The largest absolute Gasteiger partial charge is 0.493 e. The molecular formula is C19H32IN3O3. The van der Waals surface area contributed by atoms with Crippen LogP contribution in [0.4, 0.5) is 0 Å². The third kappa shape index (κ3) is 7.19. The minimum absolute atomic E-state index is 0. The summed E-state index contributed by atoms with van der Waals surface area (Å²) in [6, 6.07) is 6.27. The third-order valence-electron chi connectivity index (χ3n) is 4.33. The fourth-order valence-electron chi connectivity index (χ4n) is 2.99. The number of nitrogens with one attached hydrogen (secondary N) is 2. The molecule has 26 heavy (non-hydrogen) atoms. The second-order valence-electron chi connectivity index (χ2n) is 6.26. The molecule has 6 nitrogen and oxygen atoms in total. The molecule has 0 aromatic heterocycles. The van der Waals surface area contributed by atoms with Crippen molar-refractivity contribution in [3.63, 3.8) is 0 Å². The molecule has 1 aliphatic rings. The molecule has 1 saturated carbocycles. The van der Waals surface area contributed by atoms with Gasteiger partial charge in [0.1, 0.15) is 0 Å². The molecule has 2 rings (SSSR count). The first-order valence-electron chi connectivity index (χ1n) is 9.18. The summed E-state index contributed by atoms with van der Waals surface area (Å²) in [6.07, 6.45) is 3.51. The van der Waals surface area contributed by atoms with Gasteiger partial charge in [-0.05, 0) is 57.2 Å². The fraction of sp³-hybridized carbons (Fsp3) is 0.632. The standard InChI is InChI=1S/C19H31N3O3.HI/c1-4-20-19(22-15-7-9-16(23)10-8-15)21-13-14-6-11-17(24-3)18(12-14)25-5-2;/h6,11-12,15-16,23H,4-5,7-10,13H2,1-3H3,(H2,20,21,22);1H. The van der Waals surface area contributed by atoms with Gasteiger partial charge in [-0.3, -0.25) is 0 Å². The van der Waals surface area contributed by atoms with Gasteiger partial charge in [0.15, 0.2) is 17.5 Å². The summed E-state index contributed by atoms with van der Waals surface area (Å²) in [5.41, 5.74) is 1.07. The van der Waals surface area contributed by atoms with E-state index in [4.69, 9.17) is 9.47 Å². The van der Waals surface area contributed by atoms with Gasteiger partial charge in [0.25, 0.3) is 0 Å². The number of nitrogens with zero attached hydrogens (tertiary/aromatic N) is 1. The molecule has 1 aromatic rings. The molecule has 3 N–H and O–H groups in total. The Hall–Kier alpha value is -1.22. The van der Waals surface area contributed by atoms with Crippen LogP contribution in [0.1, 0.15) is 45.1 Å². The van der Waals surface area contributed by atoms with Crippen LogP contribution in [0.25, 0.3) is 0 Å². The number of halogens is 1. The second-order valence-corrected chi connectivity index (χ2v) is 6.26. The molecule has 0 bridgehead atoms. The average Bonchev–Trinajstić information content (AvgIpc) is 2.62. The van der Waals surface area contributed by atoms with Gasteiger partial charge in [-0.1, -0.05) is 6.07 Å². The number of methoxy groups -OCH3 is 1. The number of guanidine groups is 1. The van der Waals surface area contributed by atoms with Crippen LogP contribution in [-0.4, -0.2) is 43.5 Å². The van der Waals surface area contributed by atoms with E-state index in [0.29, 0.717) is 19.2 Å². The molecule has 0 spiro atoms. The quantitative estimate of drug-likeness (QED) is 0.320. The van der Waals surface area contributed by atoms with Crippen LogP contribution in [0.2, 0.25) is 0 Å². The number of aliphatic hydroxyl groups is 1. The molecule has 1 aromatic carbocycles. The maximum atomic E-state index is 9.63. The highest BCUT2D eigenvalue weighted by Gasteiger charge is 2.19. The van der Waals surface area contributed by atoms with Crippen molar-refractivity contribution in [2.24, 2.45) is 4.99 Å². The molecule has 0 saturated heterocycles. The lowest BCUT2D eigenvalue weighted by Gasteiger charge is -2.27. The maximum Gasteiger partial charge on any atom is 0.191 e. The summed E-state index contributed by atoms with van der Waals surface area (Å²) in [5.74, 6) is 2.30. The van der Waals surface area contributed by atoms with Crippen LogP contribution in [0.5, 0.6) is 11.5 Å². The molecule has 7 heteroatoms. The number of aliphatic hydroxyl groups excluding tert-OH is 1. The van der Waals surface area contributed by atoms with Crippen molar-refractivity contribution in [2.45, 2.75) is 58.2 Å². The number of rotatable bonds is 7. The van der Waals surface area contributed by atoms with E-state index in [1.807, 2.05) is 25.1 Å². The Bertz CT molecular complexity index is 561. The van der Waals surface area contributed by atoms with Gasteiger partial charge in [0, 0.05) is 12.6 Å². The number of ether oxygens (including phenoxy) is 2. The smallest absolute Gasteiger partial charge is 0.191 e. The summed E-state index contributed by atoms with van der Waals surface area (Å²) >= 11 is 0. The monoisotopic (exact) mass is 477 g/mol. The van der Waals surface area contributed by atoms with Gasteiger partial charge < -0.3 is 25.2 Å². The van der Waals surface area contributed by atoms with Gasteiger partial charge in [-0.15, -0.1) is 24.0 Å². The molecule has 0 aliphatic heterocycles. The van der Waals surface area contributed by atoms with Crippen LogP contribution >= 0.6 is 24.0 Å². The van der Waals surface area contributed by atoms with Crippen LogP contribution in [0, 0.1) is 0 Å². The lowest BCUT2D eigenvalue weighted by Crippen LogP contribution is -2.45. The molecule has 0 unspecified atom stereocenters. The Morgan fingerprint density at radius 3 is 2.54 bits per heavy atom. The van der Waals surface area contributed by atoms with Crippen molar-refractivity contribution in [3.05, 3.63) is 23.8 Å². The summed E-state index contributed by atoms with van der Waals surface area (Å²) < 4.78 is 10.9. The zero-order valence-corrected chi connectivity index (χ0v) is 18.3. The molecule has 148 valence electrons. The van der Waals surface area contributed by atoms with Gasteiger partial charge >= 0.3 is 0 Å². The first kappa shape index (κ1) is 22.8. The Morgan fingerprint density at radius 1 is 1.19 bits per heavy atom. The molecule has 0 heterocycles. The molecule has 0 radical (unpaired) electrons. The van der Waals surface area contributed by atoms with Crippen LogP contribution < -0.4 is 20.1 Å². The first-order valence-corrected chi connectivity index (χ1v) is 9.18. The van der Waals surface area contributed by atoms with E-state index in [1.165, 1.54) is 0 Å². The van der Waals surface area contributed by atoms with Crippen LogP contribution in [0.3, 0.4) is 0 Å². The Kier molecular flexibility index (Phi) is 10.7. The number of aliphatic imine (C=N–C) groups is 1. The number of hydrogen-bond acceptors (Lipinski definition) is 4. The van der Waals surface area contributed by atoms with Crippen molar-refractivity contribution >= 4 is 29.9 Å². The van der Waals surface area contributed by atoms with Crippen molar-refractivity contribution in [1.82, 2.24) is 10.6 Å². The molecule has 1 aliphatic carbocycles. The number of hydrogen-bond donors (Lipinski definition) is 3. The van der Waals surface area contributed by atoms with Gasteiger partial charge in [0.2, 0.25) is 0 Å². The normalized spacial score (nSPS) is 20.1. The first-order chi connectivity index (χ1) is 12.2. The van der Waals surface area contributed by atoms with Crippen molar-refractivity contribution in [1.29, 1.82) is 0 Å². The predicted octanol–water partition coefficient (Wildman–Crippen LogP) is 3.07. The summed E-state index contributed by atoms with van der Waals surface area (Å²) in [4.78, 5) is 4.69. The zero-order valence-electron chi connectivity index (χ0n) is 16.0. The maximum absolute atomic E-state index is 9.63. The van der Waals surface area contributed by atoms with Gasteiger partial charge in [-0.25, -0.2) is 4.99 Å². The lowest BCUT2D eigenvalue weighted by molar-refractivity contribution is 0.120. The highest BCUT2D eigenvalue weighted by molar-refractivity contribution is 14.0. The van der Waals surface area contributed by atoms with E-state index < -0.39 is 0 Å².